The molecule has 2 aromatic heterocycles. The van der Waals surface area contributed by atoms with Gasteiger partial charge in [-0.15, -0.1) is 11.3 Å². The van der Waals surface area contributed by atoms with Gasteiger partial charge in [-0.25, -0.2) is 13.4 Å². The molecule has 32 heavy (non-hydrogen) atoms. The first-order valence-corrected chi connectivity index (χ1v) is 13.0. The van der Waals surface area contributed by atoms with Crippen molar-refractivity contribution in [2.24, 2.45) is 0 Å². The van der Waals surface area contributed by atoms with E-state index in [2.05, 4.69) is 4.98 Å². The largest absolute Gasteiger partial charge is 0.340 e. The van der Waals surface area contributed by atoms with E-state index in [9.17, 15) is 23.3 Å². The van der Waals surface area contributed by atoms with Crippen LogP contribution in [0.2, 0.25) is 0 Å². The highest BCUT2D eigenvalue weighted by molar-refractivity contribution is 7.89. The van der Waals surface area contributed by atoms with Crippen molar-refractivity contribution >= 4 is 44.3 Å². The van der Waals surface area contributed by atoms with Gasteiger partial charge in [0.15, 0.2) is 0 Å². The van der Waals surface area contributed by atoms with Crippen LogP contribution in [0, 0.1) is 17.0 Å². The molecule has 1 fully saturated rings. The first-order valence-electron chi connectivity index (χ1n) is 9.75. The third kappa shape index (κ3) is 4.58. The van der Waals surface area contributed by atoms with E-state index in [1.54, 1.807) is 23.2 Å². The van der Waals surface area contributed by atoms with Crippen molar-refractivity contribution in [1.29, 1.82) is 0 Å². The molecular formula is C20H20N4O5S3. The van der Waals surface area contributed by atoms with E-state index < -0.39 is 14.9 Å². The Morgan fingerprint density at radius 1 is 1.19 bits per heavy atom. The number of carbonyl (C=O) groups excluding carboxylic acids is 1. The zero-order valence-corrected chi connectivity index (χ0v) is 19.6. The second-order valence-corrected chi connectivity index (χ2v) is 10.9. The number of carbonyl (C=O) groups is 1. The highest BCUT2D eigenvalue weighted by atomic mass is 32.2. The van der Waals surface area contributed by atoms with Crippen LogP contribution in [-0.2, 0) is 21.2 Å². The number of piperazine rings is 1. The summed E-state index contributed by atoms with van der Waals surface area (Å²) in [5.74, 6) is -0.101. The number of hydrogen-bond donors (Lipinski definition) is 0. The molecule has 3 aromatic rings. The fraction of sp³-hybridized carbons (Fsp3) is 0.300. The van der Waals surface area contributed by atoms with Gasteiger partial charge < -0.3 is 4.90 Å². The molecule has 12 heteroatoms. The molecule has 0 bridgehead atoms. The molecule has 3 heterocycles. The van der Waals surface area contributed by atoms with Gasteiger partial charge in [0.1, 0.15) is 5.01 Å². The van der Waals surface area contributed by atoms with Gasteiger partial charge in [0.2, 0.25) is 15.9 Å². The summed E-state index contributed by atoms with van der Waals surface area (Å²) < 4.78 is 27.4. The maximum atomic E-state index is 13.1. The number of rotatable bonds is 6. The molecule has 4 rings (SSSR count). The molecule has 1 aromatic carbocycles. The second kappa shape index (κ2) is 9.06. The summed E-state index contributed by atoms with van der Waals surface area (Å²) in [6.07, 6.45) is 0.164. The summed E-state index contributed by atoms with van der Waals surface area (Å²) in [4.78, 5) is 29.2. The number of nitro groups is 1. The summed E-state index contributed by atoms with van der Waals surface area (Å²) in [7, 11) is -3.90. The van der Waals surface area contributed by atoms with Crippen molar-refractivity contribution < 1.29 is 18.1 Å². The van der Waals surface area contributed by atoms with Crippen LogP contribution < -0.4 is 0 Å². The van der Waals surface area contributed by atoms with Gasteiger partial charge in [-0.05, 0) is 23.9 Å². The Morgan fingerprint density at radius 3 is 2.59 bits per heavy atom. The fourth-order valence-corrected chi connectivity index (χ4v) is 6.67. The monoisotopic (exact) mass is 492 g/mol. The molecule has 1 saturated heterocycles. The van der Waals surface area contributed by atoms with Gasteiger partial charge in [0, 0.05) is 54.6 Å². The number of nitrogens with zero attached hydrogens (tertiary/aromatic N) is 4. The molecule has 0 radical (unpaired) electrons. The van der Waals surface area contributed by atoms with Gasteiger partial charge in [-0.3, -0.25) is 14.9 Å². The van der Waals surface area contributed by atoms with E-state index in [4.69, 9.17) is 0 Å². The average molecular weight is 493 g/mol. The normalized spacial score (nSPS) is 15.1. The number of thiophene rings is 1. The zero-order valence-electron chi connectivity index (χ0n) is 17.1. The number of aromatic nitrogens is 1. The molecule has 9 nitrogen and oxygen atoms in total. The second-order valence-electron chi connectivity index (χ2n) is 7.32. The number of hydrogen-bond acceptors (Lipinski definition) is 8. The minimum absolute atomic E-state index is 0.0742. The Kier molecular flexibility index (Phi) is 6.38. The number of non-ortho nitro benzene ring substituents is 1. The van der Waals surface area contributed by atoms with E-state index in [-0.39, 0.29) is 49.1 Å². The molecule has 168 valence electrons. The van der Waals surface area contributed by atoms with Crippen molar-refractivity contribution in [2.75, 3.05) is 26.2 Å². The Morgan fingerprint density at radius 2 is 1.94 bits per heavy atom. The summed E-state index contributed by atoms with van der Waals surface area (Å²) in [5.41, 5.74) is 1.91. The topological polar surface area (TPSA) is 114 Å². The van der Waals surface area contributed by atoms with E-state index in [0.717, 1.165) is 16.6 Å². The Bertz CT molecular complexity index is 1250. The van der Waals surface area contributed by atoms with E-state index in [1.165, 1.54) is 27.8 Å². The third-order valence-corrected chi connectivity index (χ3v) is 8.91. The number of nitro benzene ring substituents is 1. The minimum atomic E-state index is -3.90. The van der Waals surface area contributed by atoms with Crippen molar-refractivity contribution in [3.63, 3.8) is 0 Å². The van der Waals surface area contributed by atoms with Crippen LogP contribution >= 0.6 is 22.7 Å². The minimum Gasteiger partial charge on any atom is -0.340 e. The molecule has 0 saturated carbocycles. The number of aryl methyl sites for hydroxylation is 1. The molecule has 0 spiro atoms. The Hall–Kier alpha value is -2.67. The number of amides is 1. The van der Waals surface area contributed by atoms with E-state index in [1.807, 2.05) is 22.2 Å². The summed E-state index contributed by atoms with van der Waals surface area (Å²) in [5, 5.41) is 17.8. The lowest BCUT2D eigenvalue weighted by Gasteiger charge is -2.34. The standard InChI is InChI=1S/C20H20N4O5S3/c1-14-2-3-17(24(26)27)11-18(14)32(28,29)23-7-5-22(6-8-23)19(25)10-16-13-31-20(21-16)15-4-9-30-12-15/h2-4,9,11-13H,5-8,10H2,1H3. The lowest BCUT2D eigenvalue weighted by molar-refractivity contribution is -0.385. The van der Waals surface area contributed by atoms with Gasteiger partial charge in [-0.2, -0.15) is 15.6 Å². The third-order valence-electron chi connectivity index (χ3n) is 5.24. The summed E-state index contributed by atoms with van der Waals surface area (Å²) in [6.45, 7) is 2.39. The van der Waals surface area contributed by atoms with Crippen LogP contribution in [0.15, 0.2) is 45.3 Å². The van der Waals surface area contributed by atoms with Crippen molar-refractivity contribution in [1.82, 2.24) is 14.2 Å². The summed E-state index contributed by atoms with van der Waals surface area (Å²) >= 11 is 3.08. The maximum absolute atomic E-state index is 13.1. The molecule has 1 aliphatic heterocycles. The maximum Gasteiger partial charge on any atom is 0.270 e. The highest BCUT2D eigenvalue weighted by Crippen LogP contribution is 2.27. The van der Waals surface area contributed by atoms with Gasteiger partial charge in [0.25, 0.3) is 5.69 Å². The highest BCUT2D eigenvalue weighted by Gasteiger charge is 2.32. The van der Waals surface area contributed by atoms with E-state index >= 15 is 0 Å². The molecule has 0 N–H and O–H groups in total. The lowest BCUT2D eigenvalue weighted by Crippen LogP contribution is -2.51. The zero-order chi connectivity index (χ0) is 22.9. The fourth-order valence-electron chi connectivity index (χ4n) is 3.47. The van der Waals surface area contributed by atoms with Gasteiger partial charge in [0.05, 0.1) is 21.9 Å². The van der Waals surface area contributed by atoms with Crippen molar-refractivity contribution in [2.45, 2.75) is 18.2 Å². The number of thiazole rings is 1. The van der Waals surface area contributed by atoms with Gasteiger partial charge in [-0.1, -0.05) is 6.07 Å². The predicted octanol–water partition coefficient (Wildman–Crippen LogP) is 3.16. The molecule has 0 aliphatic carbocycles. The van der Waals surface area contributed by atoms with E-state index in [0.29, 0.717) is 11.3 Å². The van der Waals surface area contributed by atoms with Crippen molar-refractivity contribution in [3.8, 4) is 10.6 Å². The Labute approximate surface area is 193 Å². The van der Waals surface area contributed by atoms with Gasteiger partial charge >= 0.3 is 0 Å². The average Bonchev–Trinajstić information content (AvgIpc) is 3.46. The summed E-state index contributed by atoms with van der Waals surface area (Å²) in [6, 6.07) is 5.80. The number of benzene rings is 1. The van der Waals surface area contributed by atoms with Crippen molar-refractivity contribution in [3.05, 3.63) is 61.8 Å². The van der Waals surface area contributed by atoms with Crippen LogP contribution in [0.3, 0.4) is 0 Å². The number of sulfonamides is 1. The predicted molar refractivity (Wildman–Crippen MR) is 122 cm³/mol. The molecule has 0 atom stereocenters. The molecule has 1 aliphatic rings. The lowest BCUT2D eigenvalue weighted by atomic mass is 10.2. The first kappa shape index (κ1) is 22.5. The SMILES string of the molecule is Cc1ccc([N+](=O)[O-])cc1S(=O)(=O)N1CCN(C(=O)Cc2csc(-c3ccsc3)n2)CC1. The molecular weight excluding hydrogens is 472 g/mol. The Balaban J connectivity index is 1.40. The van der Waals surface area contributed by atoms with Crippen LogP contribution in [0.5, 0.6) is 0 Å². The van der Waals surface area contributed by atoms with Crippen LogP contribution in [-0.4, -0.2) is 59.6 Å². The van der Waals surface area contributed by atoms with Crippen LogP contribution in [0.1, 0.15) is 11.3 Å². The van der Waals surface area contributed by atoms with Crippen LogP contribution in [0.4, 0.5) is 5.69 Å². The van der Waals surface area contributed by atoms with Crippen LogP contribution in [0.25, 0.3) is 10.6 Å². The molecule has 1 amide bonds. The smallest absolute Gasteiger partial charge is 0.270 e. The molecule has 0 unspecified atom stereocenters. The quantitative estimate of drug-likeness (QED) is 0.386. The first-order chi connectivity index (χ1) is 15.3.